The van der Waals surface area contributed by atoms with Crippen LogP contribution in [0.25, 0.3) is 0 Å². The predicted molar refractivity (Wildman–Crippen MR) is 69.7 cm³/mol. The first kappa shape index (κ1) is 14.5. The van der Waals surface area contributed by atoms with Gasteiger partial charge in [0, 0.05) is 19.3 Å². The molecule has 0 aliphatic rings. The Bertz CT molecular complexity index is 387. The Balaban J connectivity index is 2.32. The number of nitrogen functional groups attached to an aromatic ring is 1. The average Bonchev–Trinajstić information content (AvgIpc) is 2.70. The SMILES string of the molecule is CC(C)(CCCO)CNC(=O)Cn1ccc(N)n1. The Hall–Kier alpha value is -1.56. The number of rotatable bonds is 7. The summed E-state index contributed by atoms with van der Waals surface area (Å²) in [5, 5.41) is 15.6. The Morgan fingerprint density at radius 2 is 2.33 bits per heavy atom. The fraction of sp³-hybridized carbons (Fsp3) is 0.667. The second kappa shape index (κ2) is 6.39. The van der Waals surface area contributed by atoms with Crippen LogP contribution < -0.4 is 11.1 Å². The molecule has 6 nitrogen and oxygen atoms in total. The fourth-order valence-corrected chi connectivity index (χ4v) is 1.65. The highest BCUT2D eigenvalue weighted by molar-refractivity contribution is 5.75. The zero-order chi connectivity index (χ0) is 13.6. The molecule has 0 radical (unpaired) electrons. The molecule has 0 atom stereocenters. The number of amides is 1. The third-order valence-electron chi connectivity index (χ3n) is 2.74. The highest BCUT2D eigenvalue weighted by atomic mass is 16.2. The summed E-state index contributed by atoms with van der Waals surface area (Å²) >= 11 is 0. The van der Waals surface area contributed by atoms with Gasteiger partial charge in [-0.15, -0.1) is 0 Å². The maximum absolute atomic E-state index is 11.7. The third kappa shape index (κ3) is 5.18. The highest BCUT2D eigenvalue weighted by Crippen LogP contribution is 2.20. The number of carbonyl (C=O) groups excluding carboxylic acids is 1. The topological polar surface area (TPSA) is 93.2 Å². The minimum atomic E-state index is -0.0878. The van der Waals surface area contributed by atoms with Gasteiger partial charge < -0.3 is 16.2 Å². The second-order valence-corrected chi connectivity index (χ2v) is 5.21. The minimum absolute atomic E-state index is 0.0124. The molecule has 0 aliphatic carbocycles. The Morgan fingerprint density at radius 3 is 2.89 bits per heavy atom. The molecule has 0 fully saturated rings. The van der Waals surface area contributed by atoms with Crippen molar-refractivity contribution in [3.63, 3.8) is 0 Å². The van der Waals surface area contributed by atoms with Crippen LogP contribution in [0.3, 0.4) is 0 Å². The van der Waals surface area contributed by atoms with Crippen LogP contribution in [-0.4, -0.2) is 33.9 Å². The summed E-state index contributed by atoms with van der Waals surface area (Å²) in [5.41, 5.74) is 5.45. The lowest BCUT2D eigenvalue weighted by molar-refractivity contribution is -0.122. The zero-order valence-electron chi connectivity index (χ0n) is 11.0. The number of aliphatic hydroxyl groups is 1. The maximum Gasteiger partial charge on any atom is 0.241 e. The molecule has 6 heteroatoms. The summed E-state index contributed by atoms with van der Waals surface area (Å²) in [4.78, 5) is 11.7. The van der Waals surface area contributed by atoms with Gasteiger partial charge in [0.2, 0.25) is 5.91 Å². The molecule has 1 aromatic heterocycles. The molecule has 0 bridgehead atoms. The van der Waals surface area contributed by atoms with E-state index in [1.54, 1.807) is 12.3 Å². The molecule has 0 saturated heterocycles. The van der Waals surface area contributed by atoms with E-state index in [0.717, 1.165) is 12.8 Å². The first-order valence-corrected chi connectivity index (χ1v) is 6.09. The van der Waals surface area contributed by atoms with Crippen molar-refractivity contribution < 1.29 is 9.90 Å². The lowest BCUT2D eigenvalue weighted by Gasteiger charge is -2.24. The fourth-order valence-electron chi connectivity index (χ4n) is 1.65. The summed E-state index contributed by atoms with van der Waals surface area (Å²) in [5.74, 6) is 0.321. The largest absolute Gasteiger partial charge is 0.396 e. The Kier molecular flexibility index (Phi) is 5.15. The van der Waals surface area contributed by atoms with E-state index in [0.29, 0.717) is 12.4 Å². The summed E-state index contributed by atoms with van der Waals surface area (Å²) in [7, 11) is 0. The molecule has 18 heavy (non-hydrogen) atoms. The van der Waals surface area contributed by atoms with Crippen molar-refractivity contribution >= 4 is 11.7 Å². The van der Waals surface area contributed by atoms with Crippen LogP contribution in [0.2, 0.25) is 0 Å². The van der Waals surface area contributed by atoms with E-state index >= 15 is 0 Å². The standard InChI is InChI=1S/C12H22N4O2/c1-12(2,5-3-7-17)9-14-11(18)8-16-6-4-10(13)15-16/h4,6,17H,3,5,7-9H2,1-2H3,(H2,13,15)(H,14,18). The zero-order valence-corrected chi connectivity index (χ0v) is 11.0. The van der Waals surface area contributed by atoms with Gasteiger partial charge in [-0.25, -0.2) is 0 Å². The number of nitrogens with zero attached hydrogens (tertiary/aromatic N) is 2. The Morgan fingerprint density at radius 1 is 1.61 bits per heavy atom. The quantitative estimate of drug-likeness (QED) is 0.656. The van der Waals surface area contributed by atoms with Crippen molar-refractivity contribution in [2.45, 2.75) is 33.2 Å². The normalized spacial score (nSPS) is 11.5. The van der Waals surface area contributed by atoms with Gasteiger partial charge in [0.15, 0.2) is 0 Å². The summed E-state index contributed by atoms with van der Waals surface area (Å²) < 4.78 is 1.51. The first-order valence-electron chi connectivity index (χ1n) is 6.09. The molecule has 0 saturated carbocycles. The molecule has 1 aromatic rings. The molecule has 102 valence electrons. The van der Waals surface area contributed by atoms with Gasteiger partial charge in [-0.3, -0.25) is 9.48 Å². The second-order valence-electron chi connectivity index (χ2n) is 5.21. The van der Waals surface area contributed by atoms with E-state index in [2.05, 4.69) is 24.3 Å². The smallest absolute Gasteiger partial charge is 0.241 e. The van der Waals surface area contributed by atoms with Crippen LogP contribution >= 0.6 is 0 Å². The lowest BCUT2D eigenvalue weighted by atomic mass is 9.88. The van der Waals surface area contributed by atoms with Crippen molar-refractivity contribution in [1.29, 1.82) is 0 Å². The van der Waals surface area contributed by atoms with Crippen molar-refractivity contribution in [2.24, 2.45) is 5.41 Å². The van der Waals surface area contributed by atoms with Crippen molar-refractivity contribution in [3.05, 3.63) is 12.3 Å². The number of hydrogen-bond acceptors (Lipinski definition) is 4. The number of anilines is 1. The molecule has 1 heterocycles. The van der Waals surface area contributed by atoms with E-state index < -0.39 is 0 Å². The van der Waals surface area contributed by atoms with E-state index in [-0.39, 0.29) is 24.5 Å². The van der Waals surface area contributed by atoms with Crippen LogP contribution in [0.5, 0.6) is 0 Å². The van der Waals surface area contributed by atoms with Crippen LogP contribution in [0.4, 0.5) is 5.82 Å². The third-order valence-corrected chi connectivity index (χ3v) is 2.74. The van der Waals surface area contributed by atoms with Crippen LogP contribution in [0.15, 0.2) is 12.3 Å². The molecule has 0 unspecified atom stereocenters. The summed E-state index contributed by atoms with van der Waals surface area (Å²) in [6, 6.07) is 1.65. The highest BCUT2D eigenvalue weighted by Gasteiger charge is 2.18. The van der Waals surface area contributed by atoms with Crippen LogP contribution in [0, 0.1) is 5.41 Å². The van der Waals surface area contributed by atoms with Crippen LogP contribution in [0.1, 0.15) is 26.7 Å². The van der Waals surface area contributed by atoms with E-state index in [9.17, 15) is 4.79 Å². The van der Waals surface area contributed by atoms with Crippen molar-refractivity contribution in [3.8, 4) is 0 Å². The number of hydrogen-bond donors (Lipinski definition) is 3. The predicted octanol–water partition coefficient (Wildman–Crippen LogP) is 0.380. The monoisotopic (exact) mass is 254 g/mol. The molecule has 1 amide bonds. The van der Waals surface area contributed by atoms with E-state index in [1.807, 2.05) is 0 Å². The van der Waals surface area contributed by atoms with Gasteiger partial charge in [-0.05, 0) is 24.3 Å². The molecule has 0 aliphatic heterocycles. The van der Waals surface area contributed by atoms with Crippen molar-refractivity contribution in [1.82, 2.24) is 15.1 Å². The molecule has 1 rings (SSSR count). The number of nitrogens with one attached hydrogen (secondary N) is 1. The average molecular weight is 254 g/mol. The summed E-state index contributed by atoms with van der Waals surface area (Å²) in [6.45, 7) is 5.07. The molecule has 0 aromatic carbocycles. The number of nitrogens with two attached hydrogens (primary N) is 1. The van der Waals surface area contributed by atoms with Gasteiger partial charge in [-0.2, -0.15) is 5.10 Å². The van der Waals surface area contributed by atoms with Gasteiger partial charge >= 0.3 is 0 Å². The molecular weight excluding hydrogens is 232 g/mol. The maximum atomic E-state index is 11.7. The van der Waals surface area contributed by atoms with Gasteiger partial charge in [0.1, 0.15) is 12.4 Å². The molecular formula is C12H22N4O2. The van der Waals surface area contributed by atoms with Gasteiger partial charge in [0.25, 0.3) is 0 Å². The number of aliphatic hydroxyl groups excluding tert-OH is 1. The number of aromatic nitrogens is 2. The summed E-state index contributed by atoms with van der Waals surface area (Å²) in [6.07, 6.45) is 3.29. The number of carbonyl (C=O) groups is 1. The van der Waals surface area contributed by atoms with Crippen molar-refractivity contribution in [2.75, 3.05) is 18.9 Å². The van der Waals surface area contributed by atoms with E-state index in [1.165, 1.54) is 4.68 Å². The Labute approximate surface area is 107 Å². The van der Waals surface area contributed by atoms with E-state index in [4.69, 9.17) is 10.8 Å². The lowest BCUT2D eigenvalue weighted by Crippen LogP contribution is -2.36. The first-order chi connectivity index (χ1) is 8.43. The minimum Gasteiger partial charge on any atom is -0.396 e. The van der Waals surface area contributed by atoms with Gasteiger partial charge in [-0.1, -0.05) is 13.8 Å². The molecule has 4 N–H and O–H groups in total. The van der Waals surface area contributed by atoms with Crippen LogP contribution in [-0.2, 0) is 11.3 Å². The molecule has 0 spiro atoms. The van der Waals surface area contributed by atoms with Gasteiger partial charge in [0.05, 0.1) is 0 Å².